The molecule has 1 saturated heterocycles. The van der Waals surface area contributed by atoms with Crippen LogP contribution in [0.1, 0.15) is 31.0 Å². The molecule has 0 atom stereocenters. The lowest BCUT2D eigenvalue weighted by atomic mass is 10.0. The summed E-state index contributed by atoms with van der Waals surface area (Å²) in [5.41, 5.74) is 2.58. The van der Waals surface area contributed by atoms with E-state index >= 15 is 0 Å². The Morgan fingerprint density at radius 3 is 2.57 bits per heavy atom. The van der Waals surface area contributed by atoms with Gasteiger partial charge in [0.25, 0.3) is 0 Å². The van der Waals surface area contributed by atoms with Gasteiger partial charge in [-0.25, -0.2) is 23.7 Å². The monoisotopic (exact) mass is 478 g/mol. The van der Waals surface area contributed by atoms with E-state index in [1.807, 2.05) is 32.2 Å². The lowest BCUT2D eigenvalue weighted by molar-refractivity contribution is 0.233. The average molecular weight is 479 g/mol. The summed E-state index contributed by atoms with van der Waals surface area (Å²) in [7, 11) is 1.78. The number of hydrogen-bond acceptors (Lipinski definition) is 7. The lowest BCUT2D eigenvalue weighted by Crippen LogP contribution is -2.42. The van der Waals surface area contributed by atoms with Crippen molar-refractivity contribution < 1.29 is 8.78 Å². The minimum absolute atomic E-state index is 0.0113. The van der Waals surface area contributed by atoms with Crippen molar-refractivity contribution in [1.29, 1.82) is 0 Å². The van der Waals surface area contributed by atoms with Crippen molar-refractivity contribution >= 4 is 22.7 Å². The summed E-state index contributed by atoms with van der Waals surface area (Å²) in [6.07, 6.45) is 2.89. The molecule has 8 nitrogen and oxygen atoms in total. The molecule has 3 aromatic heterocycles. The van der Waals surface area contributed by atoms with Crippen molar-refractivity contribution in [3.8, 4) is 11.3 Å². The Labute approximate surface area is 202 Å². The van der Waals surface area contributed by atoms with E-state index in [4.69, 9.17) is 0 Å². The first-order valence-electron chi connectivity index (χ1n) is 11.7. The van der Waals surface area contributed by atoms with E-state index in [1.54, 1.807) is 17.8 Å². The fourth-order valence-electron chi connectivity index (χ4n) is 4.56. The molecule has 0 radical (unpaired) electrons. The Bertz CT molecular complexity index is 1340. The van der Waals surface area contributed by atoms with Gasteiger partial charge in [-0.05, 0) is 29.7 Å². The van der Waals surface area contributed by atoms with Crippen LogP contribution in [0.4, 0.5) is 20.5 Å². The number of benzene rings is 1. The predicted octanol–water partition coefficient (Wildman–Crippen LogP) is 3.98. The van der Waals surface area contributed by atoms with Crippen LogP contribution in [-0.2, 0) is 13.6 Å². The zero-order valence-corrected chi connectivity index (χ0v) is 20.0. The smallest absolute Gasteiger partial charge is 0.229 e. The number of hydrogen-bond donors (Lipinski definition) is 2. The molecule has 0 amide bonds. The summed E-state index contributed by atoms with van der Waals surface area (Å²) in [5, 5.41) is 11.3. The van der Waals surface area contributed by atoms with Crippen LogP contribution in [0.3, 0.4) is 0 Å². The third kappa shape index (κ3) is 4.85. The SMILES string of the molecule is CC(C)c1c2cc(-c3nc(Nc4ccc(CN5CCNCC5)cn4)ncc3F)cc(F)c2nn1C. The number of piperazine rings is 1. The first kappa shape index (κ1) is 23.3. The summed E-state index contributed by atoms with van der Waals surface area (Å²) < 4.78 is 31.3. The Morgan fingerprint density at radius 1 is 1.06 bits per heavy atom. The fraction of sp³-hybridized carbons (Fsp3) is 0.360. The molecule has 0 bridgehead atoms. The van der Waals surface area contributed by atoms with E-state index in [-0.39, 0.29) is 23.1 Å². The highest BCUT2D eigenvalue weighted by molar-refractivity contribution is 5.87. The van der Waals surface area contributed by atoms with Crippen molar-refractivity contribution in [3.63, 3.8) is 0 Å². The van der Waals surface area contributed by atoms with Gasteiger partial charge in [-0.3, -0.25) is 9.58 Å². The molecule has 4 aromatic rings. The maximum absolute atomic E-state index is 14.9. The van der Waals surface area contributed by atoms with Gasteiger partial charge >= 0.3 is 0 Å². The van der Waals surface area contributed by atoms with E-state index in [0.29, 0.717) is 16.8 Å². The molecule has 4 heterocycles. The first-order chi connectivity index (χ1) is 16.9. The number of aromatic nitrogens is 5. The van der Waals surface area contributed by atoms with Gasteiger partial charge in [-0.2, -0.15) is 5.10 Å². The molecule has 182 valence electrons. The van der Waals surface area contributed by atoms with Gasteiger partial charge in [0.05, 0.1) is 6.20 Å². The zero-order chi connectivity index (χ0) is 24.5. The lowest BCUT2D eigenvalue weighted by Gasteiger charge is -2.27. The molecule has 0 aliphatic carbocycles. The molecular formula is C25H28F2N8. The van der Waals surface area contributed by atoms with Crippen LogP contribution in [-0.4, -0.2) is 55.8 Å². The molecule has 1 aliphatic rings. The number of halogens is 2. The zero-order valence-electron chi connectivity index (χ0n) is 20.0. The highest BCUT2D eigenvalue weighted by atomic mass is 19.1. The van der Waals surface area contributed by atoms with E-state index in [0.717, 1.165) is 50.2 Å². The number of aryl methyl sites for hydroxylation is 1. The fourth-order valence-corrected chi connectivity index (χ4v) is 4.56. The second kappa shape index (κ2) is 9.63. The molecule has 5 rings (SSSR count). The Hall–Kier alpha value is -3.50. The molecule has 0 spiro atoms. The molecule has 0 saturated carbocycles. The van der Waals surface area contributed by atoms with Crippen LogP contribution < -0.4 is 10.6 Å². The molecule has 1 aromatic carbocycles. The molecule has 2 N–H and O–H groups in total. The van der Waals surface area contributed by atoms with E-state index in [9.17, 15) is 8.78 Å². The van der Waals surface area contributed by atoms with E-state index in [2.05, 4.69) is 35.6 Å². The summed E-state index contributed by atoms with van der Waals surface area (Å²) in [6, 6.07) is 6.85. The van der Waals surface area contributed by atoms with Gasteiger partial charge in [-0.15, -0.1) is 0 Å². The number of fused-ring (bicyclic) bond motifs is 1. The summed E-state index contributed by atoms with van der Waals surface area (Å²) >= 11 is 0. The van der Waals surface area contributed by atoms with Gasteiger partial charge < -0.3 is 10.6 Å². The highest BCUT2D eigenvalue weighted by Gasteiger charge is 2.19. The van der Waals surface area contributed by atoms with Crippen LogP contribution in [0.2, 0.25) is 0 Å². The topological polar surface area (TPSA) is 83.8 Å². The number of nitrogens with one attached hydrogen (secondary N) is 2. The quantitative estimate of drug-likeness (QED) is 0.434. The second-order valence-electron chi connectivity index (χ2n) is 9.11. The van der Waals surface area contributed by atoms with Gasteiger partial charge in [0.15, 0.2) is 11.6 Å². The summed E-state index contributed by atoms with van der Waals surface area (Å²) in [4.78, 5) is 15.2. The number of anilines is 2. The highest BCUT2D eigenvalue weighted by Crippen LogP contribution is 2.32. The van der Waals surface area contributed by atoms with Crippen molar-refractivity contribution in [2.75, 3.05) is 31.5 Å². The van der Waals surface area contributed by atoms with Gasteiger partial charge in [0, 0.05) is 62.6 Å². The third-order valence-corrected chi connectivity index (χ3v) is 6.18. The standard InChI is InChI=1S/C25H28F2N8/c1-15(2)24-18-10-17(11-19(26)23(18)33-34(24)3)22-20(27)13-30-25(32-22)31-21-5-4-16(12-29-21)14-35-8-6-28-7-9-35/h4-5,10-13,15,28H,6-9,14H2,1-3H3,(H,29,30,31,32). The van der Waals surface area contributed by atoms with Gasteiger partial charge in [-0.1, -0.05) is 19.9 Å². The van der Waals surface area contributed by atoms with Crippen molar-refractivity contribution in [3.05, 3.63) is 59.6 Å². The molecule has 1 aliphatic heterocycles. The van der Waals surface area contributed by atoms with Crippen molar-refractivity contribution in [2.45, 2.75) is 26.3 Å². The number of rotatable bonds is 6. The minimum Gasteiger partial charge on any atom is -0.314 e. The normalized spacial score (nSPS) is 14.7. The van der Waals surface area contributed by atoms with Crippen LogP contribution in [0.15, 0.2) is 36.7 Å². The summed E-state index contributed by atoms with van der Waals surface area (Å²) in [5.74, 6) is -0.312. The average Bonchev–Trinajstić information content (AvgIpc) is 3.19. The van der Waals surface area contributed by atoms with Gasteiger partial charge in [0.1, 0.15) is 17.0 Å². The van der Waals surface area contributed by atoms with Crippen molar-refractivity contribution in [1.82, 2.24) is 34.9 Å². The van der Waals surface area contributed by atoms with Crippen LogP contribution in [0, 0.1) is 11.6 Å². The molecule has 10 heteroatoms. The maximum Gasteiger partial charge on any atom is 0.229 e. The number of nitrogens with zero attached hydrogens (tertiary/aromatic N) is 6. The van der Waals surface area contributed by atoms with E-state index < -0.39 is 11.6 Å². The first-order valence-corrected chi connectivity index (χ1v) is 11.7. The van der Waals surface area contributed by atoms with Gasteiger partial charge in [0.2, 0.25) is 5.95 Å². The second-order valence-corrected chi connectivity index (χ2v) is 9.11. The predicted molar refractivity (Wildman–Crippen MR) is 131 cm³/mol. The van der Waals surface area contributed by atoms with Crippen LogP contribution in [0.5, 0.6) is 0 Å². The number of pyridine rings is 1. The largest absolute Gasteiger partial charge is 0.314 e. The molecule has 0 unspecified atom stereocenters. The van der Waals surface area contributed by atoms with Crippen LogP contribution >= 0.6 is 0 Å². The maximum atomic E-state index is 14.9. The minimum atomic E-state index is -0.636. The van der Waals surface area contributed by atoms with Crippen LogP contribution in [0.25, 0.3) is 22.2 Å². The Balaban J connectivity index is 1.40. The third-order valence-electron chi connectivity index (χ3n) is 6.18. The molecule has 35 heavy (non-hydrogen) atoms. The Kier molecular flexibility index (Phi) is 6.40. The molecule has 1 fully saturated rings. The molecular weight excluding hydrogens is 450 g/mol. The van der Waals surface area contributed by atoms with Crippen molar-refractivity contribution in [2.24, 2.45) is 7.05 Å². The Morgan fingerprint density at radius 2 is 1.86 bits per heavy atom. The summed E-state index contributed by atoms with van der Waals surface area (Å²) in [6.45, 7) is 8.87. The van der Waals surface area contributed by atoms with E-state index in [1.165, 1.54) is 6.07 Å².